The van der Waals surface area contributed by atoms with Crippen LogP contribution < -0.4 is 5.32 Å². The molecule has 0 spiro atoms. The maximum atomic E-state index is 3.60. The van der Waals surface area contributed by atoms with Gasteiger partial charge in [0.2, 0.25) is 0 Å². The molecular weight excluding hydrogens is 296 g/mol. The lowest BCUT2D eigenvalue weighted by molar-refractivity contribution is 0.216. The Morgan fingerprint density at radius 1 is 1.47 bits per heavy atom. The number of hydrogen-bond donors (Lipinski definition) is 1. The summed E-state index contributed by atoms with van der Waals surface area (Å²) < 4.78 is 1.25. The highest BCUT2D eigenvalue weighted by Gasteiger charge is 2.15. The van der Waals surface area contributed by atoms with Crippen molar-refractivity contribution in [2.45, 2.75) is 26.3 Å². The zero-order valence-electron chi connectivity index (χ0n) is 10.6. The average Bonchev–Trinajstić information content (AvgIpc) is 2.61. The van der Waals surface area contributed by atoms with E-state index in [1.807, 2.05) is 11.3 Å². The second kappa shape index (κ2) is 6.32. The predicted octanol–water partition coefficient (Wildman–Crippen LogP) is 3.25. The Hall–Kier alpha value is 0.100. The van der Waals surface area contributed by atoms with Crippen molar-refractivity contribution in [3.8, 4) is 0 Å². The fourth-order valence-electron chi connectivity index (χ4n) is 2.27. The van der Waals surface area contributed by atoms with Crippen molar-refractivity contribution in [2.75, 3.05) is 26.7 Å². The smallest absolute Gasteiger partial charge is 0.0314 e. The molecule has 1 aliphatic rings. The number of nitrogens with zero attached hydrogens (tertiary/aromatic N) is 1. The topological polar surface area (TPSA) is 15.3 Å². The van der Waals surface area contributed by atoms with Crippen LogP contribution in [0.25, 0.3) is 0 Å². The Kier molecular flexibility index (Phi) is 5.03. The van der Waals surface area contributed by atoms with Gasteiger partial charge in [-0.2, -0.15) is 0 Å². The van der Waals surface area contributed by atoms with E-state index in [0.717, 1.165) is 12.5 Å². The van der Waals surface area contributed by atoms with Crippen LogP contribution in [0.5, 0.6) is 0 Å². The molecule has 1 fully saturated rings. The summed E-state index contributed by atoms with van der Waals surface area (Å²) in [5.41, 5.74) is 0. The fourth-order valence-corrected chi connectivity index (χ4v) is 3.84. The highest BCUT2D eigenvalue weighted by atomic mass is 79.9. The summed E-state index contributed by atoms with van der Waals surface area (Å²) in [5, 5.41) is 3.60. The van der Waals surface area contributed by atoms with E-state index in [-0.39, 0.29) is 0 Å². The molecule has 2 heterocycles. The van der Waals surface area contributed by atoms with E-state index in [4.69, 9.17) is 0 Å². The van der Waals surface area contributed by atoms with Gasteiger partial charge in [-0.05, 0) is 74.4 Å². The van der Waals surface area contributed by atoms with E-state index >= 15 is 0 Å². The summed E-state index contributed by atoms with van der Waals surface area (Å²) in [5.74, 6) is 0.871. The van der Waals surface area contributed by atoms with Crippen LogP contribution in [0.2, 0.25) is 0 Å². The van der Waals surface area contributed by atoms with Gasteiger partial charge in [-0.1, -0.05) is 0 Å². The molecule has 0 atom stereocenters. The lowest BCUT2D eigenvalue weighted by atomic mass is 9.97. The van der Waals surface area contributed by atoms with Gasteiger partial charge in [0.1, 0.15) is 0 Å². The van der Waals surface area contributed by atoms with Gasteiger partial charge in [-0.15, -0.1) is 11.3 Å². The molecule has 0 aromatic carbocycles. The van der Waals surface area contributed by atoms with Gasteiger partial charge >= 0.3 is 0 Å². The van der Waals surface area contributed by atoms with Crippen LogP contribution in [0.1, 0.15) is 22.6 Å². The zero-order chi connectivity index (χ0) is 12.3. The predicted molar refractivity (Wildman–Crippen MR) is 78.7 cm³/mol. The molecule has 4 heteroatoms. The first-order valence-corrected chi connectivity index (χ1v) is 7.90. The largest absolute Gasteiger partial charge is 0.312 e. The number of piperidine rings is 1. The van der Waals surface area contributed by atoms with Gasteiger partial charge in [0, 0.05) is 20.8 Å². The third-order valence-electron chi connectivity index (χ3n) is 3.48. The number of nitrogens with one attached hydrogen (secondary N) is 1. The van der Waals surface area contributed by atoms with Gasteiger partial charge in [0.05, 0.1) is 0 Å². The summed E-state index contributed by atoms with van der Waals surface area (Å²) in [6, 6.07) is 2.24. The number of aryl methyl sites for hydroxylation is 1. The molecule has 17 heavy (non-hydrogen) atoms. The van der Waals surface area contributed by atoms with Crippen molar-refractivity contribution in [2.24, 2.45) is 5.92 Å². The van der Waals surface area contributed by atoms with Gasteiger partial charge < -0.3 is 10.2 Å². The third-order valence-corrected chi connectivity index (χ3v) is 5.62. The highest BCUT2D eigenvalue weighted by molar-refractivity contribution is 9.10. The molecule has 0 saturated carbocycles. The number of thiophene rings is 1. The van der Waals surface area contributed by atoms with E-state index in [1.165, 1.54) is 46.7 Å². The molecule has 1 aromatic rings. The molecule has 0 bridgehead atoms. The van der Waals surface area contributed by atoms with Crippen molar-refractivity contribution in [3.05, 3.63) is 20.3 Å². The van der Waals surface area contributed by atoms with E-state index in [1.54, 1.807) is 0 Å². The molecule has 0 unspecified atom stereocenters. The normalized spacial score (nSPS) is 18.8. The highest BCUT2D eigenvalue weighted by Crippen LogP contribution is 2.26. The number of rotatable bonds is 4. The van der Waals surface area contributed by atoms with Crippen LogP contribution in [-0.2, 0) is 6.54 Å². The Labute approximate surface area is 117 Å². The second-order valence-corrected chi connectivity index (χ2v) is 7.19. The Balaban J connectivity index is 1.69. The van der Waals surface area contributed by atoms with Crippen molar-refractivity contribution in [3.63, 3.8) is 0 Å². The molecule has 2 nitrogen and oxygen atoms in total. The summed E-state index contributed by atoms with van der Waals surface area (Å²) in [4.78, 5) is 5.24. The monoisotopic (exact) mass is 316 g/mol. The van der Waals surface area contributed by atoms with Crippen molar-refractivity contribution in [1.82, 2.24) is 10.2 Å². The van der Waals surface area contributed by atoms with Gasteiger partial charge in [0.25, 0.3) is 0 Å². The fraction of sp³-hybridized carbons (Fsp3) is 0.692. The van der Waals surface area contributed by atoms with Crippen molar-refractivity contribution < 1.29 is 0 Å². The Morgan fingerprint density at radius 2 is 2.18 bits per heavy atom. The molecule has 0 amide bonds. The van der Waals surface area contributed by atoms with Gasteiger partial charge in [-0.25, -0.2) is 0 Å². The first-order chi connectivity index (χ1) is 8.15. The molecule has 1 aliphatic heterocycles. The molecule has 96 valence electrons. The number of hydrogen-bond acceptors (Lipinski definition) is 3. The summed E-state index contributed by atoms with van der Waals surface area (Å²) in [6.07, 6.45) is 2.69. The molecular formula is C13H21BrN2S. The van der Waals surface area contributed by atoms with E-state index < -0.39 is 0 Å². The summed E-state index contributed by atoms with van der Waals surface area (Å²) in [7, 11) is 2.22. The maximum Gasteiger partial charge on any atom is 0.0314 e. The Morgan fingerprint density at radius 3 is 2.76 bits per heavy atom. The molecule has 1 N–H and O–H groups in total. The Bertz CT molecular complexity index is 337. The SMILES string of the molecule is Cc1sc(CNCC2CCN(C)CC2)cc1Br. The minimum absolute atomic E-state index is 0.871. The van der Waals surface area contributed by atoms with E-state index in [9.17, 15) is 0 Å². The van der Waals surface area contributed by atoms with Crippen molar-refractivity contribution in [1.29, 1.82) is 0 Å². The maximum absolute atomic E-state index is 3.60. The average molecular weight is 317 g/mol. The third kappa shape index (κ3) is 4.05. The molecule has 1 aromatic heterocycles. The summed E-state index contributed by atoms with van der Waals surface area (Å²) >= 11 is 5.45. The van der Waals surface area contributed by atoms with Crippen LogP contribution in [0, 0.1) is 12.8 Å². The minimum atomic E-state index is 0.871. The standard InChI is InChI=1S/C13H21BrN2S/c1-10-13(14)7-12(17-10)9-15-8-11-3-5-16(2)6-4-11/h7,11,15H,3-6,8-9H2,1-2H3. The summed E-state index contributed by atoms with van der Waals surface area (Å²) in [6.45, 7) is 6.87. The molecule has 0 aliphatic carbocycles. The van der Waals surface area contributed by atoms with Crippen LogP contribution in [-0.4, -0.2) is 31.6 Å². The minimum Gasteiger partial charge on any atom is -0.312 e. The first-order valence-electron chi connectivity index (χ1n) is 6.29. The van der Waals surface area contributed by atoms with Crippen LogP contribution in [0.3, 0.4) is 0 Å². The molecule has 1 saturated heterocycles. The number of halogens is 1. The van der Waals surface area contributed by atoms with Gasteiger partial charge in [-0.3, -0.25) is 0 Å². The van der Waals surface area contributed by atoms with E-state index in [2.05, 4.69) is 46.2 Å². The number of likely N-dealkylation sites (tertiary alicyclic amines) is 1. The lowest BCUT2D eigenvalue weighted by Gasteiger charge is -2.28. The van der Waals surface area contributed by atoms with Crippen LogP contribution >= 0.6 is 27.3 Å². The zero-order valence-corrected chi connectivity index (χ0v) is 13.0. The lowest BCUT2D eigenvalue weighted by Crippen LogP contribution is -2.34. The van der Waals surface area contributed by atoms with Crippen LogP contribution in [0.15, 0.2) is 10.5 Å². The quantitative estimate of drug-likeness (QED) is 0.917. The van der Waals surface area contributed by atoms with Crippen molar-refractivity contribution >= 4 is 27.3 Å². The van der Waals surface area contributed by atoms with Gasteiger partial charge in [0.15, 0.2) is 0 Å². The van der Waals surface area contributed by atoms with E-state index in [0.29, 0.717) is 0 Å². The second-order valence-electron chi connectivity index (χ2n) is 4.99. The first kappa shape index (κ1) is 13.5. The molecule has 2 rings (SSSR count). The van der Waals surface area contributed by atoms with Crippen LogP contribution in [0.4, 0.5) is 0 Å². The molecule has 0 radical (unpaired) electrons.